The summed E-state index contributed by atoms with van der Waals surface area (Å²) in [5.74, 6) is 0.861. The van der Waals surface area contributed by atoms with Crippen molar-refractivity contribution >= 4 is 6.03 Å². The maximum absolute atomic E-state index is 12.0. The minimum Gasteiger partial charge on any atom is -0.494 e. The topological polar surface area (TPSA) is 50.4 Å². The fourth-order valence-corrected chi connectivity index (χ4v) is 2.90. The van der Waals surface area contributed by atoms with E-state index >= 15 is 0 Å². The van der Waals surface area contributed by atoms with Crippen molar-refractivity contribution in [2.45, 2.75) is 25.3 Å². The smallest absolute Gasteiger partial charge is 0.315 e. The van der Waals surface area contributed by atoms with Crippen molar-refractivity contribution < 1.29 is 9.53 Å². The minimum absolute atomic E-state index is 0.105. The first kappa shape index (κ1) is 15.4. The first-order valence-corrected chi connectivity index (χ1v) is 8.13. The van der Waals surface area contributed by atoms with Crippen LogP contribution in [-0.2, 0) is 6.42 Å². The van der Waals surface area contributed by atoms with Gasteiger partial charge in [-0.05, 0) is 42.5 Å². The highest BCUT2D eigenvalue weighted by Crippen LogP contribution is 2.30. The molecule has 1 unspecified atom stereocenters. The number of nitrogens with one attached hydrogen (secondary N) is 2. The molecule has 2 N–H and O–H groups in total. The number of carbonyl (C=O) groups is 1. The number of carbonyl (C=O) groups excluding carboxylic acids is 1. The molecule has 0 bridgehead atoms. The molecule has 3 rings (SSSR count). The van der Waals surface area contributed by atoms with Gasteiger partial charge in [0.05, 0.1) is 12.6 Å². The summed E-state index contributed by atoms with van der Waals surface area (Å²) in [7, 11) is 0. The molecule has 0 radical (unpaired) electrons. The highest BCUT2D eigenvalue weighted by Gasteiger charge is 2.22. The van der Waals surface area contributed by atoms with Crippen LogP contribution in [0.1, 0.15) is 30.0 Å². The number of urea groups is 1. The van der Waals surface area contributed by atoms with Gasteiger partial charge in [0.25, 0.3) is 0 Å². The number of hydrogen-bond acceptors (Lipinski definition) is 2. The zero-order valence-electron chi connectivity index (χ0n) is 13.1. The normalized spacial score (nSPS) is 15.7. The van der Waals surface area contributed by atoms with Gasteiger partial charge >= 0.3 is 6.03 Å². The van der Waals surface area contributed by atoms with Gasteiger partial charge in [-0.2, -0.15) is 0 Å². The van der Waals surface area contributed by atoms with Gasteiger partial charge in [0.2, 0.25) is 0 Å². The van der Waals surface area contributed by atoms with Crippen molar-refractivity contribution in [2.75, 3.05) is 13.2 Å². The number of amides is 2. The Balaban J connectivity index is 1.34. The largest absolute Gasteiger partial charge is 0.494 e. The van der Waals surface area contributed by atoms with Crippen molar-refractivity contribution in [3.8, 4) is 5.75 Å². The zero-order valence-corrected chi connectivity index (χ0v) is 13.1. The minimum atomic E-state index is -0.105. The summed E-state index contributed by atoms with van der Waals surface area (Å²) in [5, 5.41) is 5.95. The number of benzene rings is 2. The fraction of sp³-hybridized carbons (Fsp3) is 0.316. The maximum atomic E-state index is 12.0. The second kappa shape index (κ2) is 7.68. The molecule has 0 spiro atoms. The van der Waals surface area contributed by atoms with Gasteiger partial charge < -0.3 is 15.4 Å². The van der Waals surface area contributed by atoms with E-state index in [1.807, 2.05) is 42.5 Å². The Bertz CT molecular complexity index is 643. The zero-order chi connectivity index (χ0) is 15.9. The summed E-state index contributed by atoms with van der Waals surface area (Å²) < 4.78 is 5.60. The monoisotopic (exact) mass is 310 g/mol. The first-order valence-electron chi connectivity index (χ1n) is 8.13. The highest BCUT2D eigenvalue weighted by molar-refractivity contribution is 5.74. The van der Waals surface area contributed by atoms with E-state index < -0.39 is 0 Å². The summed E-state index contributed by atoms with van der Waals surface area (Å²) in [6.45, 7) is 1.20. The van der Waals surface area contributed by atoms with Crippen LogP contribution in [0.2, 0.25) is 0 Å². The number of fused-ring (bicyclic) bond motifs is 1. The van der Waals surface area contributed by atoms with Crippen LogP contribution in [0, 0.1) is 0 Å². The van der Waals surface area contributed by atoms with Crippen LogP contribution in [-0.4, -0.2) is 19.2 Å². The third-order valence-corrected chi connectivity index (χ3v) is 4.06. The van der Waals surface area contributed by atoms with Crippen LogP contribution in [0.4, 0.5) is 4.79 Å². The number of aryl methyl sites for hydroxylation is 1. The molecule has 23 heavy (non-hydrogen) atoms. The fourth-order valence-electron chi connectivity index (χ4n) is 2.90. The molecule has 1 atom stereocenters. The lowest BCUT2D eigenvalue weighted by Gasteiger charge is -2.15. The predicted molar refractivity (Wildman–Crippen MR) is 90.6 cm³/mol. The summed E-state index contributed by atoms with van der Waals surface area (Å²) in [6, 6.07) is 18.0. The summed E-state index contributed by atoms with van der Waals surface area (Å²) in [5.41, 5.74) is 2.59. The molecule has 0 heterocycles. The van der Waals surface area contributed by atoms with E-state index in [-0.39, 0.29) is 12.1 Å². The molecule has 2 amide bonds. The van der Waals surface area contributed by atoms with E-state index in [0.717, 1.165) is 25.0 Å². The Labute approximate surface area is 136 Å². The SMILES string of the molecule is O=C(NCCCOc1ccccc1)NC1CCc2ccccc21. The molecule has 0 saturated carbocycles. The van der Waals surface area contributed by atoms with Crippen LogP contribution < -0.4 is 15.4 Å². The van der Waals surface area contributed by atoms with Crippen LogP contribution >= 0.6 is 0 Å². The Kier molecular flexibility index (Phi) is 5.14. The predicted octanol–water partition coefficient (Wildman–Crippen LogP) is 3.44. The van der Waals surface area contributed by atoms with Crippen molar-refractivity contribution in [3.05, 3.63) is 65.7 Å². The second-order valence-electron chi connectivity index (χ2n) is 5.71. The quantitative estimate of drug-likeness (QED) is 0.803. The van der Waals surface area contributed by atoms with Gasteiger partial charge in [-0.15, -0.1) is 0 Å². The standard InChI is InChI=1S/C19H22N2O2/c22-19(20-13-6-14-23-16-8-2-1-3-9-16)21-18-12-11-15-7-4-5-10-17(15)18/h1-5,7-10,18H,6,11-14H2,(H2,20,21,22). The van der Waals surface area contributed by atoms with E-state index in [4.69, 9.17) is 4.74 Å². The lowest BCUT2D eigenvalue weighted by atomic mass is 10.1. The second-order valence-corrected chi connectivity index (χ2v) is 5.71. The van der Waals surface area contributed by atoms with Gasteiger partial charge in [-0.25, -0.2) is 4.79 Å². The van der Waals surface area contributed by atoms with Crippen molar-refractivity contribution in [3.63, 3.8) is 0 Å². The Morgan fingerprint density at radius 3 is 2.74 bits per heavy atom. The van der Waals surface area contributed by atoms with Gasteiger partial charge in [0.15, 0.2) is 0 Å². The molecule has 2 aromatic carbocycles. The Morgan fingerprint density at radius 1 is 1.09 bits per heavy atom. The number of para-hydroxylation sites is 1. The van der Waals surface area contributed by atoms with E-state index in [0.29, 0.717) is 13.2 Å². The molecule has 0 saturated heterocycles. The lowest BCUT2D eigenvalue weighted by Crippen LogP contribution is -2.38. The van der Waals surface area contributed by atoms with Crippen molar-refractivity contribution in [1.82, 2.24) is 10.6 Å². The Morgan fingerprint density at radius 2 is 1.87 bits per heavy atom. The number of hydrogen-bond donors (Lipinski definition) is 2. The van der Waals surface area contributed by atoms with E-state index in [1.54, 1.807) is 0 Å². The van der Waals surface area contributed by atoms with Gasteiger partial charge in [-0.3, -0.25) is 0 Å². The first-order chi connectivity index (χ1) is 11.3. The van der Waals surface area contributed by atoms with Crippen LogP contribution in [0.15, 0.2) is 54.6 Å². The molecule has 0 aromatic heterocycles. The summed E-state index contributed by atoms with van der Waals surface area (Å²) in [6.07, 6.45) is 2.79. The van der Waals surface area contributed by atoms with Crippen molar-refractivity contribution in [1.29, 1.82) is 0 Å². The summed E-state index contributed by atoms with van der Waals surface area (Å²) >= 11 is 0. The Hall–Kier alpha value is -2.49. The van der Waals surface area contributed by atoms with Crippen LogP contribution in [0.5, 0.6) is 5.75 Å². The molecule has 1 aliphatic rings. The molecule has 0 aliphatic heterocycles. The van der Waals surface area contributed by atoms with E-state index in [1.165, 1.54) is 11.1 Å². The third-order valence-electron chi connectivity index (χ3n) is 4.06. The molecule has 0 fully saturated rings. The highest BCUT2D eigenvalue weighted by atomic mass is 16.5. The average Bonchev–Trinajstić information content (AvgIpc) is 2.99. The molecule has 2 aromatic rings. The van der Waals surface area contributed by atoms with Gasteiger partial charge in [0, 0.05) is 6.54 Å². The third kappa shape index (κ3) is 4.25. The van der Waals surface area contributed by atoms with E-state index in [9.17, 15) is 4.79 Å². The van der Waals surface area contributed by atoms with Gasteiger partial charge in [0.1, 0.15) is 5.75 Å². The van der Waals surface area contributed by atoms with Crippen LogP contribution in [0.25, 0.3) is 0 Å². The number of ether oxygens (including phenoxy) is 1. The van der Waals surface area contributed by atoms with E-state index in [2.05, 4.69) is 22.8 Å². The average molecular weight is 310 g/mol. The summed E-state index contributed by atoms with van der Waals surface area (Å²) in [4.78, 5) is 12.0. The number of rotatable bonds is 6. The van der Waals surface area contributed by atoms with Crippen molar-refractivity contribution in [2.24, 2.45) is 0 Å². The van der Waals surface area contributed by atoms with Gasteiger partial charge in [-0.1, -0.05) is 42.5 Å². The maximum Gasteiger partial charge on any atom is 0.315 e. The molecule has 4 nitrogen and oxygen atoms in total. The molecule has 4 heteroatoms. The molecular weight excluding hydrogens is 288 g/mol. The van der Waals surface area contributed by atoms with Crippen LogP contribution in [0.3, 0.4) is 0 Å². The molecular formula is C19H22N2O2. The molecule has 1 aliphatic carbocycles. The lowest BCUT2D eigenvalue weighted by molar-refractivity contribution is 0.235. The molecule has 120 valence electrons.